The molecule has 4 rings (SSSR count). The first kappa shape index (κ1) is 20.6. The maximum absolute atomic E-state index is 12.5. The minimum Gasteiger partial charge on any atom is -0.446 e. The quantitative estimate of drug-likeness (QED) is 0.686. The molecule has 1 saturated heterocycles. The average Bonchev–Trinajstić information content (AvgIpc) is 3.42. The summed E-state index contributed by atoms with van der Waals surface area (Å²) >= 11 is 0. The predicted octanol–water partition coefficient (Wildman–Crippen LogP) is 3.11. The number of carbonyl (C=O) groups excluding carboxylic acids is 4. The Morgan fingerprint density at radius 3 is 2.39 bits per heavy atom. The number of imide groups is 1. The van der Waals surface area contributed by atoms with E-state index in [4.69, 9.17) is 14.0 Å². The van der Waals surface area contributed by atoms with Gasteiger partial charge in [-0.2, -0.15) is 0 Å². The van der Waals surface area contributed by atoms with Crippen LogP contribution in [0.15, 0.2) is 34.9 Å². The minimum absolute atomic E-state index is 0.151. The number of hydroxylamine groups is 2. The number of likely N-dealkylation sites (tertiary alicyclic amines) is 1. The molecule has 1 atom stereocenters. The van der Waals surface area contributed by atoms with Gasteiger partial charge in [-0.3, -0.25) is 14.5 Å². The van der Waals surface area contributed by atoms with Crippen molar-refractivity contribution in [1.29, 1.82) is 0 Å². The summed E-state index contributed by atoms with van der Waals surface area (Å²) in [6.07, 6.45) is 1.89. The molecule has 0 N–H and O–H groups in total. The first-order chi connectivity index (χ1) is 14.7. The van der Waals surface area contributed by atoms with Crippen LogP contribution in [0.3, 0.4) is 0 Å². The molecule has 10 nitrogen and oxygen atoms in total. The van der Waals surface area contributed by atoms with Gasteiger partial charge in [0.05, 0.1) is 11.1 Å². The zero-order valence-electron chi connectivity index (χ0n) is 17.3. The van der Waals surface area contributed by atoms with Crippen molar-refractivity contribution in [1.82, 2.24) is 14.9 Å². The lowest BCUT2D eigenvalue weighted by molar-refractivity contribution is -0.0588. The highest BCUT2D eigenvalue weighted by molar-refractivity contribution is 6.21. The summed E-state index contributed by atoms with van der Waals surface area (Å²) in [5.74, 6) is -2.34. The van der Waals surface area contributed by atoms with E-state index in [9.17, 15) is 19.2 Å². The highest BCUT2D eigenvalue weighted by atomic mass is 16.7. The summed E-state index contributed by atoms with van der Waals surface area (Å²) in [4.78, 5) is 60.2. The van der Waals surface area contributed by atoms with Gasteiger partial charge < -0.3 is 14.0 Å². The standard InChI is InChI=1S/C21H21N3O7/c1-21(2,3)30-20(28)23-10-6-9-15(23)16-22-14(11-29-16)19(27)31-24-17(25)12-7-4-5-8-13(12)18(24)26/h4-5,7-8,11,15H,6,9-10H2,1-3H3/t15-/m0/s1. The number of aromatic nitrogens is 1. The van der Waals surface area contributed by atoms with Gasteiger partial charge in [0, 0.05) is 6.54 Å². The third kappa shape index (κ3) is 3.88. The summed E-state index contributed by atoms with van der Waals surface area (Å²) in [7, 11) is 0. The molecule has 0 bridgehead atoms. The smallest absolute Gasteiger partial charge is 0.410 e. The second kappa shape index (κ2) is 7.53. The minimum atomic E-state index is -1.02. The average molecular weight is 427 g/mol. The van der Waals surface area contributed by atoms with Crippen LogP contribution in [0.5, 0.6) is 0 Å². The van der Waals surface area contributed by atoms with Crippen molar-refractivity contribution < 1.29 is 33.2 Å². The zero-order valence-corrected chi connectivity index (χ0v) is 17.3. The molecule has 1 fully saturated rings. The molecule has 0 aliphatic carbocycles. The van der Waals surface area contributed by atoms with Gasteiger partial charge in [0.25, 0.3) is 11.8 Å². The molecule has 1 aromatic carbocycles. The molecular formula is C21H21N3O7. The molecule has 0 unspecified atom stereocenters. The molecular weight excluding hydrogens is 406 g/mol. The van der Waals surface area contributed by atoms with Gasteiger partial charge >= 0.3 is 12.1 Å². The Labute approximate surface area is 177 Å². The van der Waals surface area contributed by atoms with Crippen LogP contribution in [0.4, 0.5) is 4.79 Å². The van der Waals surface area contributed by atoms with Crippen molar-refractivity contribution in [3.63, 3.8) is 0 Å². The lowest BCUT2D eigenvalue weighted by Gasteiger charge is -2.27. The normalized spacial score (nSPS) is 18.4. The summed E-state index contributed by atoms with van der Waals surface area (Å²) < 4.78 is 10.8. The largest absolute Gasteiger partial charge is 0.446 e. The van der Waals surface area contributed by atoms with Gasteiger partial charge in [-0.1, -0.05) is 17.2 Å². The Kier molecular flexibility index (Phi) is 5.00. The fourth-order valence-electron chi connectivity index (χ4n) is 3.48. The molecule has 10 heteroatoms. The number of rotatable bonds is 3. The number of fused-ring (bicyclic) bond motifs is 1. The lowest BCUT2D eigenvalue weighted by Crippen LogP contribution is -2.36. The SMILES string of the molecule is CC(C)(C)OC(=O)N1CCC[C@H]1c1nc(C(=O)ON2C(=O)c3ccccc3C2=O)co1. The van der Waals surface area contributed by atoms with Crippen LogP contribution in [-0.2, 0) is 9.57 Å². The van der Waals surface area contributed by atoms with Crippen molar-refractivity contribution in [2.75, 3.05) is 6.54 Å². The zero-order chi connectivity index (χ0) is 22.3. The van der Waals surface area contributed by atoms with Crippen LogP contribution >= 0.6 is 0 Å². The van der Waals surface area contributed by atoms with Crippen LogP contribution in [0.1, 0.15) is 76.7 Å². The number of ether oxygens (including phenoxy) is 1. The van der Waals surface area contributed by atoms with Crippen LogP contribution < -0.4 is 0 Å². The third-order valence-corrected chi connectivity index (χ3v) is 4.83. The summed E-state index contributed by atoms with van der Waals surface area (Å²) in [6.45, 7) is 5.79. The second-order valence-corrected chi connectivity index (χ2v) is 8.23. The van der Waals surface area contributed by atoms with E-state index in [2.05, 4.69) is 4.98 Å². The summed E-state index contributed by atoms with van der Waals surface area (Å²) in [6, 6.07) is 5.68. The molecule has 2 aromatic rings. The maximum atomic E-state index is 12.5. The number of hydrogen-bond donors (Lipinski definition) is 0. The van der Waals surface area contributed by atoms with Gasteiger partial charge in [0.15, 0.2) is 5.69 Å². The molecule has 2 aliphatic rings. The highest BCUT2D eigenvalue weighted by Gasteiger charge is 2.40. The molecule has 3 heterocycles. The number of benzene rings is 1. The van der Waals surface area contributed by atoms with E-state index in [-0.39, 0.29) is 22.7 Å². The number of carbonyl (C=O) groups is 4. The lowest BCUT2D eigenvalue weighted by atomic mass is 10.1. The van der Waals surface area contributed by atoms with Gasteiger partial charge in [-0.15, -0.1) is 0 Å². The van der Waals surface area contributed by atoms with Crippen LogP contribution in [0.2, 0.25) is 0 Å². The summed E-state index contributed by atoms with van der Waals surface area (Å²) in [5.41, 5.74) is -0.565. The molecule has 1 aromatic heterocycles. The number of oxazole rings is 1. The van der Waals surface area contributed by atoms with Gasteiger partial charge in [-0.05, 0) is 45.7 Å². The Balaban J connectivity index is 1.47. The van der Waals surface area contributed by atoms with E-state index in [1.807, 2.05) is 0 Å². The molecule has 2 aliphatic heterocycles. The molecule has 0 saturated carbocycles. The van der Waals surface area contributed by atoms with Crippen molar-refractivity contribution in [2.45, 2.75) is 45.3 Å². The highest BCUT2D eigenvalue weighted by Crippen LogP contribution is 2.33. The monoisotopic (exact) mass is 427 g/mol. The third-order valence-electron chi connectivity index (χ3n) is 4.83. The molecule has 162 valence electrons. The van der Waals surface area contributed by atoms with Crippen molar-refractivity contribution >= 4 is 23.9 Å². The number of hydrogen-bond acceptors (Lipinski definition) is 8. The van der Waals surface area contributed by atoms with E-state index in [0.29, 0.717) is 18.0 Å². The first-order valence-corrected chi connectivity index (χ1v) is 9.81. The van der Waals surface area contributed by atoms with E-state index in [1.165, 1.54) is 17.0 Å². The van der Waals surface area contributed by atoms with Crippen LogP contribution in [0.25, 0.3) is 0 Å². The first-order valence-electron chi connectivity index (χ1n) is 9.81. The van der Waals surface area contributed by atoms with Gasteiger partial charge in [-0.25, -0.2) is 14.6 Å². The fraction of sp³-hybridized carbons (Fsp3) is 0.381. The topological polar surface area (TPSA) is 119 Å². The fourth-order valence-corrected chi connectivity index (χ4v) is 3.48. The van der Waals surface area contributed by atoms with Gasteiger partial charge in [0.1, 0.15) is 17.9 Å². The van der Waals surface area contributed by atoms with Crippen molar-refractivity contribution in [3.8, 4) is 0 Å². The van der Waals surface area contributed by atoms with Crippen LogP contribution in [-0.4, -0.2) is 51.0 Å². The van der Waals surface area contributed by atoms with E-state index >= 15 is 0 Å². The Morgan fingerprint density at radius 2 is 1.77 bits per heavy atom. The summed E-state index contributed by atoms with van der Waals surface area (Å²) in [5, 5.41) is 0.407. The predicted molar refractivity (Wildman–Crippen MR) is 104 cm³/mol. The van der Waals surface area contributed by atoms with E-state index in [0.717, 1.165) is 12.7 Å². The van der Waals surface area contributed by atoms with Crippen LogP contribution in [0, 0.1) is 0 Å². The van der Waals surface area contributed by atoms with Crippen molar-refractivity contribution in [3.05, 3.63) is 53.2 Å². The van der Waals surface area contributed by atoms with E-state index in [1.54, 1.807) is 32.9 Å². The number of amides is 3. The van der Waals surface area contributed by atoms with E-state index < -0.39 is 35.5 Å². The second-order valence-electron chi connectivity index (χ2n) is 8.23. The Bertz CT molecular complexity index is 1030. The molecule has 3 amide bonds. The Hall–Kier alpha value is -3.69. The Morgan fingerprint density at radius 1 is 1.13 bits per heavy atom. The molecule has 0 radical (unpaired) electrons. The number of nitrogens with zero attached hydrogens (tertiary/aromatic N) is 3. The maximum Gasteiger partial charge on any atom is 0.410 e. The van der Waals surface area contributed by atoms with Gasteiger partial charge in [0.2, 0.25) is 5.89 Å². The molecule has 0 spiro atoms. The molecule has 31 heavy (non-hydrogen) atoms. The van der Waals surface area contributed by atoms with Crippen molar-refractivity contribution in [2.24, 2.45) is 0 Å².